The van der Waals surface area contributed by atoms with Crippen LogP contribution in [0.1, 0.15) is 28.3 Å². The van der Waals surface area contributed by atoms with E-state index in [0.717, 1.165) is 39.9 Å². The Balaban J connectivity index is 1.81. The first-order chi connectivity index (χ1) is 10.3. The Kier molecular flexibility index (Phi) is 3.00. The lowest BCUT2D eigenvalue weighted by molar-refractivity contribution is 0.0957. The lowest BCUT2D eigenvalue weighted by Crippen LogP contribution is -2.23. The van der Waals surface area contributed by atoms with E-state index < -0.39 is 0 Å². The standard InChI is InChI=1S/C18H15NOS/c20-17(15-6-3-4-12-9-11-21-18(12)15)14-8-10-19-16-7-2-1-5-13(14)16/h1-7,9,11,14,19H,8,10H2. The molecule has 0 amide bonds. The van der Waals surface area contributed by atoms with Gasteiger partial charge in [0, 0.05) is 22.5 Å². The topological polar surface area (TPSA) is 29.1 Å². The fraction of sp³-hybridized carbons (Fsp3) is 0.167. The number of para-hydroxylation sites is 1. The van der Waals surface area contributed by atoms with E-state index in [9.17, 15) is 4.79 Å². The average molecular weight is 293 g/mol. The van der Waals surface area contributed by atoms with Crippen LogP contribution in [0.4, 0.5) is 5.69 Å². The number of carbonyl (C=O) groups excluding carboxylic acids is 1. The van der Waals surface area contributed by atoms with Gasteiger partial charge in [0.25, 0.3) is 0 Å². The third kappa shape index (κ3) is 2.05. The van der Waals surface area contributed by atoms with Gasteiger partial charge in [0.1, 0.15) is 0 Å². The number of ketones is 1. The number of anilines is 1. The summed E-state index contributed by atoms with van der Waals surface area (Å²) in [7, 11) is 0. The number of carbonyl (C=O) groups is 1. The van der Waals surface area contributed by atoms with E-state index in [-0.39, 0.29) is 11.7 Å². The molecule has 4 rings (SSSR count). The first kappa shape index (κ1) is 12.6. The quantitative estimate of drug-likeness (QED) is 0.695. The molecule has 0 bridgehead atoms. The Bertz CT molecular complexity index is 821. The molecule has 0 saturated carbocycles. The van der Waals surface area contributed by atoms with E-state index >= 15 is 0 Å². The summed E-state index contributed by atoms with van der Waals surface area (Å²) in [5.41, 5.74) is 3.09. The van der Waals surface area contributed by atoms with Crippen LogP contribution in [-0.2, 0) is 0 Å². The Morgan fingerprint density at radius 1 is 1.10 bits per heavy atom. The maximum absolute atomic E-state index is 13.1. The van der Waals surface area contributed by atoms with Crippen LogP contribution in [0.5, 0.6) is 0 Å². The van der Waals surface area contributed by atoms with E-state index in [1.165, 1.54) is 0 Å². The maximum Gasteiger partial charge on any atom is 0.171 e. The molecule has 2 aromatic carbocycles. The zero-order chi connectivity index (χ0) is 14.2. The van der Waals surface area contributed by atoms with Crippen LogP contribution in [0, 0.1) is 0 Å². The highest BCUT2D eigenvalue weighted by atomic mass is 32.1. The summed E-state index contributed by atoms with van der Waals surface area (Å²) in [6, 6.07) is 16.2. The molecule has 3 aromatic rings. The van der Waals surface area contributed by atoms with Crippen molar-refractivity contribution in [2.24, 2.45) is 0 Å². The molecule has 1 N–H and O–H groups in total. The van der Waals surface area contributed by atoms with Gasteiger partial charge >= 0.3 is 0 Å². The van der Waals surface area contributed by atoms with Gasteiger partial charge in [0.15, 0.2) is 5.78 Å². The number of Topliss-reactive ketones (excluding diaryl/α,β-unsaturated/α-hetero) is 1. The Hall–Kier alpha value is -2.13. The largest absolute Gasteiger partial charge is 0.385 e. The van der Waals surface area contributed by atoms with Gasteiger partial charge in [0.05, 0.1) is 5.92 Å². The SMILES string of the molecule is O=C(c1cccc2ccsc12)C1CCNc2ccccc21. The predicted molar refractivity (Wildman–Crippen MR) is 88.4 cm³/mol. The second kappa shape index (κ2) is 5.01. The molecule has 1 atom stereocenters. The van der Waals surface area contributed by atoms with Gasteiger partial charge in [-0.2, -0.15) is 0 Å². The monoisotopic (exact) mass is 293 g/mol. The van der Waals surface area contributed by atoms with E-state index in [0.29, 0.717) is 0 Å². The molecular formula is C18H15NOS. The number of hydrogen-bond donors (Lipinski definition) is 1. The van der Waals surface area contributed by atoms with Crippen LogP contribution >= 0.6 is 11.3 Å². The summed E-state index contributed by atoms with van der Waals surface area (Å²) in [6.07, 6.45) is 0.859. The molecular weight excluding hydrogens is 278 g/mol. The van der Waals surface area contributed by atoms with Gasteiger partial charge in [-0.25, -0.2) is 0 Å². The number of hydrogen-bond acceptors (Lipinski definition) is 3. The molecule has 21 heavy (non-hydrogen) atoms. The molecule has 0 spiro atoms. The van der Waals surface area contributed by atoms with Gasteiger partial charge in [-0.3, -0.25) is 4.79 Å². The van der Waals surface area contributed by atoms with Crippen LogP contribution in [0.25, 0.3) is 10.1 Å². The normalized spacial score (nSPS) is 17.2. The zero-order valence-electron chi connectivity index (χ0n) is 11.5. The maximum atomic E-state index is 13.1. The predicted octanol–water partition coefficient (Wildman–Crippen LogP) is 4.68. The summed E-state index contributed by atoms with van der Waals surface area (Å²) in [4.78, 5) is 13.1. The van der Waals surface area contributed by atoms with Crippen LogP contribution < -0.4 is 5.32 Å². The highest BCUT2D eigenvalue weighted by molar-refractivity contribution is 7.17. The summed E-state index contributed by atoms with van der Waals surface area (Å²) in [5, 5.41) is 6.60. The van der Waals surface area contributed by atoms with E-state index in [2.05, 4.69) is 35.0 Å². The van der Waals surface area contributed by atoms with Crippen molar-refractivity contribution >= 4 is 32.9 Å². The smallest absolute Gasteiger partial charge is 0.171 e. The Morgan fingerprint density at radius 2 is 2.00 bits per heavy atom. The molecule has 1 unspecified atom stereocenters. The molecule has 1 aliphatic heterocycles. The number of thiophene rings is 1. The van der Waals surface area contributed by atoms with E-state index in [1.807, 2.05) is 24.3 Å². The molecule has 1 aromatic heterocycles. The molecule has 2 nitrogen and oxygen atoms in total. The number of rotatable bonds is 2. The van der Waals surface area contributed by atoms with E-state index in [1.54, 1.807) is 11.3 Å². The van der Waals surface area contributed by atoms with Gasteiger partial charge in [-0.15, -0.1) is 11.3 Å². The minimum atomic E-state index is -0.0323. The third-order valence-corrected chi connectivity index (χ3v) is 5.11. The van der Waals surface area contributed by atoms with Crippen LogP contribution in [0.3, 0.4) is 0 Å². The summed E-state index contributed by atoms with van der Waals surface area (Å²) in [5.74, 6) is 0.215. The van der Waals surface area contributed by atoms with Crippen molar-refractivity contribution in [3.63, 3.8) is 0 Å². The summed E-state index contributed by atoms with van der Waals surface area (Å²) in [6.45, 7) is 0.855. The van der Waals surface area contributed by atoms with Crippen molar-refractivity contribution in [3.05, 3.63) is 65.0 Å². The lowest BCUT2D eigenvalue weighted by Gasteiger charge is -2.25. The fourth-order valence-corrected chi connectivity index (χ4v) is 4.03. The van der Waals surface area contributed by atoms with Crippen LogP contribution in [0.15, 0.2) is 53.9 Å². The first-order valence-corrected chi connectivity index (χ1v) is 8.06. The van der Waals surface area contributed by atoms with Crippen molar-refractivity contribution in [1.29, 1.82) is 0 Å². The molecule has 0 aliphatic carbocycles. The molecule has 0 fully saturated rings. The molecule has 1 aliphatic rings. The highest BCUT2D eigenvalue weighted by Crippen LogP contribution is 2.36. The average Bonchev–Trinajstić information content (AvgIpc) is 3.02. The molecule has 0 saturated heterocycles. The first-order valence-electron chi connectivity index (χ1n) is 7.18. The Labute approximate surface area is 127 Å². The zero-order valence-corrected chi connectivity index (χ0v) is 12.3. The summed E-state index contributed by atoms with van der Waals surface area (Å²) < 4.78 is 1.11. The second-order valence-corrected chi connectivity index (χ2v) is 6.28. The van der Waals surface area contributed by atoms with Crippen molar-refractivity contribution in [2.75, 3.05) is 11.9 Å². The van der Waals surface area contributed by atoms with Crippen LogP contribution in [-0.4, -0.2) is 12.3 Å². The van der Waals surface area contributed by atoms with Crippen molar-refractivity contribution in [2.45, 2.75) is 12.3 Å². The minimum Gasteiger partial charge on any atom is -0.385 e. The van der Waals surface area contributed by atoms with Crippen molar-refractivity contribution in [1.82, 2.24) is 0 Å². The van der Waals surface area contributed by atoms with Crippen molar-refractivity contribution < 1.29 is 4.79 Å². The minimum absolute atomic E-state index is 0.0323. The number of fused-ring (bicyclic) bond motifs is 2. The number of benzene rings is 2. The van der Waals surface area contributed by atoms with Crippen LogP contribution in [0.2, 0.25) is 0 Å². The second-order valence-electron chi connectivity index (χ2n) is 5.36. The lowest BCUT2D eigenvalue weighted by atomic mass is 9.84. The van der Waals surface area contributed by atoms with E-state index in [4.69, 9.17) is 0 Å². The van der Waals surface area contributed by atoms with Crippen molar-refractivity contribution in [3.8, 4) is 0 Å². The number of nitrogens with one attached hydrogen (secondary N) is 1. The molecule has 3 heteroatoms. The third-order valence-electron chi connectivity index (χ3n) is 4.15. The van der Waals surface area contributed by atoms with Gasteiger partial charge in [0.2, 0.25) is 0 Å². The highest BCUT2D eigenvalue weighted by Gasteiger charge is 2.28. The molecule has 2 heterocycles. The van der Waals surface area contributed by atoms with Gasteiger partial charge in [-0.05, 0) is 40.9 Å². The van der Waals surface area contributed by atoms with Gasteiger partial charge < -0.3 is 5.32 Å². The molecule has 0 radical (unpaired) electrons. The fourth-order valence-electron chi connectivity index (χ4n) is 3.12. The van der Waals surface area contributed by atoms with Gasteiger partial charge in [-0.1, -0.05) is 30.3 Å². The Morgan fingerprint density at radius 3 is 2.95 bits per heavy atom. The summed E-state index contributed by atoms with van der Waals surface area (Å²) >= 11 is 1.65. The molecule has 104 valence electrons.